The van der Waals surface area contributed by atoms with Crippen LogP contribution in [-0.2, 0) is 4.74 Å². The van der Waals surface area contributed by atoms with Gasteiger partial charge in [-0.3, -0.25) is 0 Å². The number of rotatable bonds is 5. The third-order valence-electron chi connectivity index (χ3n) is 3.24. The van der Waals surface area contributed by atoms with E-state index in [1.54, 1.807) is 13.3 Å². The maximum absolute atomic E-state index is 5.75. The van der Waals surface area contributed by atoms with Crippen molar-refractivity contribution in [1.82, 2.24) is 15.0 Å². The number of ether oxygens (including phenoxy) is 2. The van der Waals surface area contributed by atoms with Gasteiger partial charge in [0, 0.05) is 31.9 Å². The van der Waals surface area contributed by atoms with Crippen LogP contribution >= 0.6 is 0 Å². The molecule has 5 nitrogen and oxygen atoms in total. The molecule has 0 aliphatic rings. The summed E-state index contributed by atoms with van der Waals surface area (Å²) in [4.78, 5) is 13.2. The highest BCUT2D eigenvalue weighted by atomic mass is 16.5. The van der Waals surface area contributed by atoms with Crippen LogP contribution in [0.4, 0.5) is 0 Å². The molecule has 2 heterocycles. The molecule has 0 atom stereocenters. The van der Waals surface area contributed by atoms with Gasteiger partial charge in [-0.05, 0) is 30.2 Å². The predicted octanol–water partition coefficient (Wildman–Crippen LogP) is 2.84. The molecule has 0 saturated carbocycles. The van der Waals surface area contributed by atoms with Crippen LogP contribution in [-0.4, -0.2) is 35.3 Å². The summed E-state index contributed by atoms with van der Waals surface area (Å²) in [7, 11) is 1.66. The number of fused-ring (bicyclic) bond motifs is 1. The molecule has 3 rings (SSSR count). The summed E-state index contributed by atoms with van der Waals surface area (Å²) in [6.07, 6.45) is 2.46. The van der Waals surface area contributed by atoms with Gasteiger partial charge in [0.2, 0.25) is 5.88 Å². The Morgan fingerprint density at radius 1 is 0.958 bits per heavy atom. The SMILES string of the molecule is COCCCOc1nc2cccnc2nc1C#Cc1ccccc1. The summed E-state index contributed by atoms with van der Waals surface area (Å²) in [5, 5.41) is 0. The third-order valence-corrected chi connectivity index (χ3v) is 3.24. The summed E-state index contributed by atoms with van der Waals surface area (Å²) in [6.45, 7) is 1.13. The number of hydrogen-bond acceptors (Lipinski definition) is 5. The van der Waals surface area contributed by atoms with E-state index in [-0.39, 0.29) is 0 Å². The molecule has 2 aromatic heterocycles. The Balaban J connectivity index is 1.92. The van der Waals surface area contributed by atoms with Crippen molar-refractivity contribution in [2.24, 2.45) is 0 Å². The first kappa shape index (κ1) is 15.9. The van der Waals surface area contributed by atoms with Crippen molar-refractivity contribution < 1.29 is 9.47 Å². The lowest BCUT2D eigenvalue weighted by molar-refractivity contribution is 0.170. The Morgan fingerprint density at radius 2 is 1.83 bits per heavy atom. The van der Waals surface area contributed by atoms with Crippen molar-refractivity contribution in [3.63, 3.8) is 0 Å². The van der Waals surface area contributed by atoms with Crippen LogP contribution in [0.1, 0.15) is 17.7 Å². The molecule has 0 spiro atoms. The summed E-state index contributed by atoms with van der Waals surface area (Å²) in [5.74, 6) is 6.55. The van der Waals surface area contributed by atoms with Gasteiger partial charge in [-0.1, -0.05) is 24.1 Å². The Morgan fingerprint density at radius 3 is 2.67 bits per heavy atom. The minimum absolute atomic E-state index is 0.426. The van der Waals surface area contributed by atoms with Crippen LogP contribution in [0.15, 0.2) is 48.7 Å². The van der Waals surface area contributed by atoms with Gasteiger partial charge < -0.3 is 9.47 Å². The van der Waals surface area contributed by atoms with Gasteiger partial charge in [0.25, 0.3) is 0 Å². The quantitative estimate of drug-likeness (QED) is 0.535. The van der Waals surface area contributed by atoms with Crippen molar-refractivity contribution in [3.8, 4) is 17.7 Å². The monoisotopic (exact) mass is 319 g/mol. The van der Waals surface area contributed by atoms with E-state index in [9.17, 15) is 0 Å². The number of methoxy groups -OCH3 is 1. The van der Waals surface area contributed by atoms with Gasteiger partial charge in [-0.15, -0.1) is 0 Å². The molecule has 0 radical (unpaired) electrons. The van der Waals surface area contributed by atoms with E-state index in [4.69, 9.17) is 9.47 Å². The highest BCUT2D eigenvalue weighted by Gasteiger charge is 2.09. The second-order valence-corrected chi connectivity index (χ2v) is 5.03. The zero-order valence-electron chi connectivity index (χ0n) is 13.4. The first-order valence-electron chi connectivity index (χ1n) is 7.68. The maximum Gasteiger partial charge on any atom is 0.249 e. The molecule has 24 heavy (non-hydrogen) atoms. The lowest BCUT2D eigenvalue weighted by Crippen LogP contribution is -2.05. The van der Waals surface area contributed by atoms with Gasteiger partial charge in [0.15, 0.2) is 11.3 Å². The molecule has 0 unspecified atom stereocenters. The molecule has 5 heteroatoms. The van der Waals surface area contributed by atoms with Gasteiger partial charge in [0.1, 0.15) is 5.52 Å². The van der Waals surface area contributed by atoms with E-state index in [1.807, 2.05) is 42.5 Å². The fourth-order valence-corrected chi connectivity index (χ4v) is 2.08. The first-order chi connectivity index (χ1) is 11.9. The van der Waals surface area contributed by atoms with Crippen LogP contribution in [0, 0.1) is 11.8 Å². The van der Waals surface area contributed by atoms with E-state index < -0.39 is 0 Å². The fraction of sp³-hybridized carbons (Fsp3) is 0.211. The van der Waals surface area contributed by atoms with Crippen molar-refractivity contribution >= 4 is 11.2 Å². The molecular formula is C19H17N3O2. The smallest absolute Gasteiger partial charge is 0.249 e. The lowest BCUT2D eigenvalue weighted by Gasteiger charge is -2.07. The molecule has 0 N–H and O–H groups in total. The summed E-state index contributed by atoms with van der Waals surface area (Å²) >= 11 is 0. The van der Waals surface area contributed by atoms with E-state index in [2.05, 4.69) is 26.8 Å². The second-order valence-electron chi connectivity index (χ2n) is 5.03. The van der Waals surface area contributed by atoms with Crippen LogP contribution in [0.2, 0.25) is 0 Å². The maximum atomic E-state index is 5.75. The number of aromatic nitrogens is 3. The van der Waals surface area contributed by atoms with Crippen LogP contribution < -0.4 is 4.74 Å². The molecule has 0 amide bonds. The molecule has 3 aromatic rings. The Kier molecular flexibility index (Phi) is 5.33. The zero-order chi connectivity index (χ0) is 16.6. The Labute approximate surface area is 140 Å². The average Bonchev–Trinajstić information content (AvgIpc) is 2.64. The standard InChI is InChI=1S/C19H17N3O2/c1-23-13-6-14-24-19-17(11-10-15-7-3-2-4-8-15)21-18-16(22-19)9-5-12-20-18/h2-5,7-9,12H,6,13-14H2,1H3. The molecule has 1 aromatic carbocycles. The van der Waals surface area contributed by atoms with Crippen molar-refractivity contribution in [1.29, 1.82) is 0 Å². The number of hydrogen-bond donors (Lipinski definition) is 0. The minimum Gasteiger partial charge on any atom is -0.476 e. The zero-order valence-corrected chi connectivity index (χ0v) is 13.4. The predicted molar refractivity (Wildman–Crippen MR) is 91.7 cm³/mol. The fourth-order valence-electron chi connectivity index (χ4n) is 2.08. The van der Waals surface area contributed by atoms with E-state index >= 15 is 0 Å². The average molecular weight is 319 g/mol. The molecule has 0 aliphatic carbocycles. The van der Waals surface area contributed by atoms with Crippen LogP contribution in [0.5, 0.6) is 5.88 Å². The number of benzene rings is 1. The highest BCUT2D eigenvalue weighted by Crippen LogP contribution is 2.17. The summed E-state index contributed by atoms with van der Waals surface area (Å²) in [5.41, 5.74) is 2.64. The van der Waals surface area contributed by atoms with Gasteiger partial charge in [-0.25, -0.2) is 15.0 Å². The Bertz CT molecular complexity index is 870. The van der Waals surface area contributed by atoms with E-state index in [1.165, 1.54) is 0 Å². The minimum atomic E-state index is 0.426. The van der Waals surface area contributed by atoms with Crippen LogP contribution in [0.25, 0.3) is 11.2 Å². The van der Waals surface area contributed by atoms with E-state index in [0.717, 1.165) is 12.0 Å². The van der Waals surface area contributed by atoms with E-state index in [0.29, 0.717) is 36.0 Å². The van der Waals surface area contributed by atoms with Gasteiger partial charge in [-0.2, -0.15) is 0 Å². The normalized spacial score (nSPS) is 10.2. The number of pyridine rings is 1. The molecule has 120 valence electrons. The van der Waals surface area contributed by atoms with Crippen molar-refractivity contribution in [2.75, 3.05) is 20.3 Å². The molecule has 0 saturated heterocycles. The molecule has 0 aliphatic heterocycles. The van der Waals surface area contributed by atoms with Crippen LogP contribution in [0.3, 0.4) is 0 Å². The molecular weight excluding hydrogens is 302 g/mol. The molecule has 0 fully saturated rings. The van der Waals surface area contributed by atoms with Gasteiger partial charge >= 0.3 is 0 Å². The van der Waals surface area contributed by atoms with Crippen molar-refractivity contribution in [3.05, 3.63) is 59.9 Å². The van der Waals surface area contributed by atoms with Crippen molar-refractivity contribution in [2.45, 2.75) is 6.42 Å². The van der Waals surface area contributed by atoms with Gasteiger partial charge in [0.05, 0.1) is 6.61 Å². The first-order valence-corrected chi connectivity index (χ1v) is 7.68. The largest absolute Gasteiger partial charge is 0.476 e. The molecule has 0 bridgehead atoms. The summed E-state index contributed by atoms with van der Waals surface area (Å²) in [6, 6.07) is 13.4. The topological polar surface area (TPSA) is 57.1 Å². The summed E-state index contributed by atoms with van der Waals surface area (Å²) < 4.78 is 10.8. The highest BCUT2D eigenvalue weighted by molar-refractivity contribution is 5.71. The lowest BCUT2D eigenvalue weighted by atomic mass is 10.2. The number of nitrogens with zero attached hydrogens (tertiary/aromatic N) is 3. The third kappa shape index (κ3) is 4.06. The second kappa shape index (κ2) is 8.04. The Hall–Kier alpha value is -2.97.